The molecule has 0 heterocycles. The Morgan fingerprint density at radius 1 is 1.44 bits per heavy atom. The molecule has 0 aromatic heterocycles. The number of ether oxygens (including phenoxy) is 2. The van der Waals surface area contributed by atoms with Crippen LogP contribution in [0.5, 0.6) is 0 Å². The van der Waals surface area contributed by atoms with Crippen molar-refractivity contribution in [3.05, 3.63) is 0 Å². The summed E-state index contributed by atoms with van der Waals surface area (Å²) in [5.74, 6) is -0.174. The molecule has 0 fully saturated rings. The maximum Gasteiger partial charge on any atom is 0.305 e. The van der Waals surface area contributed by atoms with Gasteiger partial charge in [0.2, 0.25) is 0 Å². The Balaban J connectivity index is 2.97. The molecule has 0 unspecified atom stereocenters. The van der Waals surface area contributed by atoms with E-state index in [2.05, 4.69) is 4.74 Å². The lowest BCUT2D eigenvalue weighted by Crippen LogP contribution is -2.01. The van der Waals surface area contributed by atoms with Gasteiger partial charge in [0.15, 0.2) is 0 Å². The van der Waals surface area contributed by atoms with Crippen LogP contribution in [0.2, 0.25) is 0 Å². The second-order valence-corrected chi connectivity index (χ2v) is 1.67. The zero-order chi connectivity index (χ0) is 7.11. The quantitative estimate of drug-likeness (QED) is 0.414. The van der Waals surface area contributed by atoms with E-state index in [-0.39, 0.29) is 5.97 Å². The minimum atomic E-state index is -0.174. The van der Waals surface area contributed by atoms with E-state index in [0.717, 1.165) is 6.42 Å². The zero-order valence-electron chi connectivity index (χ0n) is 5.85. The highest BCUT2D eigenvalue weighted by Crippen LogP contribution is 1.90. The molecule has 3 nitrogen and oxygen atoms in total. The number of esters is 1. The Morgan fingerprint density at radius 2 is 2.11 bits per heavy atom. The van der Waals surface area contributed by atoms with Crippen LogP contribution in [0.4, 0.5) is 0 Å². The molecule has 9 heavy (non-hydrogen) atoms. The Bertz CT molecular complexity index is 80.4. The van der Waals surface area contributed by atoms with Crippen molar-refractivity contribution in [3.8, 4) is 0 Å². The van der Waals surface area contributed by atoms with Crippen LogP contribution in [0.1, 0.15) is 12.8 Å². The Hall–Kier alpha value is -0.570. The molecule has 0 bridgehead atoms. The van der Waals surface area contributed by atoms with E-state index in [1.54, 1.807) is 7.11 Å². The van der Waals surface area contributed by atoms with Crippen LogP contribution in [0.3, 0.4) is 0 Å². The van der Waals surface area contributed by atoms with Crippen LogP contribution < -0.4 is 0 Å². The predicted octanol–water partition coefficient (Wildman–Crippen LogP) is 0.586. The molecule has 0 aliphatic rings. The molecule has 0 N–H and O–H groups in total. The molecule has 0 amide bonds. The molecule has 0 saturated carbocycles. The second kappa shape index (κ2) is 5.56. The smallest absolute Gasteiger partial charge is 0.305 e. The molecule has 0 aromatic rings. The van der Waals surface area contributed by atoms with Crippen molar-refractivity contribution >= 4 is 5.97 Å². The normalized spacial score (nSPS) is 9.11. The molecule has 0 saturated heterocycles. The van der Waals surface area contributed by atoms with E-state index in [9.17, 15) is 4.79 Å². The molecule has 0 atom stereocenters. The van der Waals surface area contributed by atoms with Gasteiger partial charge >= 0.3 is 5.97 Å². The van der Waals surface area contributed by atoms with Crippen LogP contribution in [0, 0.1) is 0 Å². The van der Waals surface area contributed by atoms with E-state index in [1.807, 2.05) is 0 Å². The van der Waals surface area contributed by atoms with Crippen LogP contribution in [-0.4, -0.2) is 26.8 Å². The summed E-state index contributed by atoms with van der Waals surface area (Å²) >= 11 is 0. The van der Waals surface area contributed by atoms with Crippen LogP contribution in [0.25, 0.3) is 0 Å². The molecule has 0 radical (unpaired) electrons. The molecular formula is C6H12O3. The van der Waals surface area contributed by atoms with Gasteiger partial charge in [-0.1, -0.05) is 0 Å². The maximum absolute atomic E-state index is 10.4. The number of carbonyl (C=O) groups excluding carboxylic acids is 1. The van der Waals surface area contributed by atoms with Gasteiger partial charge in [0.1, 0.15) is 0 Å². The second-order valence-electron chi connectivity index (χ2n) is 1.67. The lowest BCUT2D eigenvalue weighted by atomic mass is 10.3. The molecule has 0 aliphatic heterocycles. The van der Waals surface area contributed by atoms with Crippen molar-refractivity contribution < 1.29 is 14.3 Å². The topological polar surface area (TPSA) is 35.5 Å². The summed E-state index contributed by atoms with van der Waals surface area (Å²) in [6.07, 6.45) is 1.19. The Kier molecular flexibility index (Phi) is 5.21. The molecule has 0 aliphatic carbocycles. The first kappa shape index (κ1) is 8.43. The van der Waals surface area contributed by atoms with Crippen LogP contribution >= 0.6 is 0 Å². The third kappa shape index (κ3) is 5.30. The van der Waals surface area contributed by atoms with Crippen molar-refractivity contribution in [1.82, 2.24) is 0 Å². The first-order valence-electron chi connectivity index (χ1n) is 2.87. The van der Waals surface area contributed by atoms with E-state index < -0.39 is 0 Å². The standard InChI is InChI=1S/C6H12O3/c1-8-5-3-4-6(7)9-2/h3-5H2,1-2H3. The lowest BCUT2D eigenvalue weighted by Gasteiger charge is -1.96. The van der Waals surface area contributed by atoms with Gasteiger partial charge in [0, 0.05) is 20.1 Å². The molecule has 3 heteroatoms. The highest BCUT2D eigenvalue weighted by atomic mass is 16.5. The largest absolute Gasteiger partial charge is 0.469 e. The summed E-state index contributed by atoms with van der Waals surface area (Å²) in [6.45, 7) is 0.620. The predicted molar refractivity (Wildman–Crippen MR) is 33.1 cm³/mol. The zero-order valence-corrected chi connectivity index (χ0v) is 5.85. The van der Waals surface area contributed by atoms with E-state index >= 15 is 0 Å². The summed E-state index contributed by atoms with van der Waals surface area (Å²) in [5.41, 5.74) is 0. The van der Waals surface area contributed by atoms with Gasteiger partial charge in [-0.05, 0) is 6.42 Å². The molecule has 0 rings (SSSR count). The molecule has 0 spiro atoms. The van der Waals surface area contributed by atoms with Crippen LogP contribution in [-0.2, 0) is 14.3 Å². The number of hydrogen-bond acceptors (Lipinski definition) is 3. The van der Waals surface area contributed by atoms with Gasteiger partial charge in [0.25, 0.3) is 0 Å². The number of rotatable bonds is 4. The van der Waals surface area contributed by atoms with Gasteiger partial charge < -0.3 is 9.47 Å². The summed E-state index contributed by atoms with van der Waals surface area (Å²) < 4.78 is 9.13. The first-order valence-corrected chi connectivity index (χ1v) is 2.87. The Morgan fingerprint density at radius 3 is 2.56 bits per heavy atom. The Labute approximate surface area is 55.0 Å². The molecular weight excluding hydrogens is 120 g/mol. The van der Waals surface area contributed by atoms with Crippen molar-refractivity contribution in [1.29, 1.82) is 0 Å². The van der Waals surface area contributed by atoms with Crippen molar-refractivity contribution in [2.45, 2.75) is 12.8 Å². The van der Waals surface area contributed by atoms with E-state index in [4.69, 9.17) is 4.74 Å². The fraction of sp³-hybridized carbons (Fsp3) is 0.833. The number of hydrogen-bond donors (Lipinski definition) is 0. The highest BCUT2D eigenvalue weighted by Gasteiger charge is 1.96. The van der Waals surface area contributed by atoms with E-state index in [1.165, 1.54) is 7.11 Å². The van der Waals surface area contributed by atoms with Gasteiger partial charge in [-0.25, -0.2) is 0 Å². The monoisotopic (exact) mass is 132 g/mol. The lowest BCUT2D eigenvalue weighted by molar-refractivity contribution is -0.140. The van der Waals surface area contributed by atoms with Gasteiger partial charge in [-0.2, -0.15) is 0 Å². The van der Waals surface area contributed by atoms with Gasteiger partial charge in [-0.3, -0.25) is 4.79 Å². The fourth-order valence-corrected chi connectivity index (χ4v) is 0.463. The summed E-state index contributed by atoms with van der Waals surface area (Å²) in [6, 6.07) is 0. The van der Waals surface area contributed by atoms with Crippen molar-refractivity contribution in [3.63, 3.8) is 0 Å². The highest BCUT2D eigenvalue weighted by molar-refractivity contribution is 5.68. The van der Waals surface area contributed by atoms with Crippen molar-refractivity contribution in [2.24, 2.45) is 0 Å². The van der Waals surface area contributed by atoms with Crippen molar-refractivity contribution in [2.75, 3.05) is 20.8 Å². The third-order valence-corrected chi connectivity index (χ3v) is 0.957. The fourth-order valence-electron chi connectivity index (χ4n) is 0.463. The number of carbonyl (C=O) groups is 1. The van der Waals surface area contributed by atoms with Gasteiger partial charge in [-0.15, -0.1) is 0 Å². The van der Waals surface area contributed by atoms with Gasteiger partial charge in [0.05, 0.1) is 7.11 Å². The third-order valence-electron chi connectivity index (χ3n) is 0.957. The number of methoxy groups -OCH3 is 2. The summed E-state index contributed by atoms with van der Waals surface area (Å²) in [4.78, 5) is 10.4. The average molecular weight is 132 g/mol. The summed E-state index contributed by atoms with van der Waals surface area (Å²) in [5, 5.41) is 0. The first-order chi connectivity index (χ1) is 4.31. The SMILES string of the molecule is COCCCC(=O)OC. The molecule has 0 aromatic carbocycles. The molecule has 54 valence electrons. The maximum atomic E-state index is 10.4. The minimum absolute atomic E-state index is 0.174. The average Bonchev–Trinajstić information content (AvgIpc) is 1.89. The van der Waals surface area contributed by atoms with E-state index in [0.29, 0.717) is 13.0 Å². The minimum Gasteiger partial charge on any atom is -0.469 e. The van der Waals surface area contributed by atoms with Crippen LogP contribution in [0.15, 0.2) is 0 Å². The summed E-state index contributed by atoms with van der Waals surface area (Å²) in [7, 11) is 2.99.